The van der Waals surface area contributed by atoms with Crippen molar-refractivity contribution in [3.63, 3.8) is 0 Å². The zero-order chi connectivity index (χ0) is 21.6. The number of carbonyl (C=O) groups excluding carboxylic acids is 1. The summed E-state index contributed by atoms with van der Waals surface area (Å²) in [6.07, 6.45) is -1.73. The molecule has 0 bridgehead atoms. The fourth-order valence-corrected chi connectivity index (χ4v) is 3.84. The van der Waals surface area contributed by atoms with Crippen LogP contribution in [0.2, 0.25) is 0 Å². The van der Waals surface area contributed by atoms with Crippen molar-refractivity contribution in [2.24, 2.45) is 0 Å². The number of nitrogens with one attached hydrogen (secondary N) is 1. The first-order chi connectivity index (χ1) is 14.9. The Labute approximate surface area is 175 Å². The van der Waals surface area contributed by atoms with Crippen molar-refractivity contribution >= 4 is 11.6 Å². The van der Waals surface area contributed by atoms with Gasteiger partial charge < -0.3 is 5.32 Å². The van der Waals surface area contributed by atoms with Gasteiger partial charge in [-0.2, -0.15) is 18.3 Å². The molecule has 1 aliphatic carbocycles. The molecule has 2 heterocycles. The number of hydrogen-bond acceptors (Lipinski definition) is 3. The van der Waals surface area contributed by atoms with Crippen molar-refractivity contribution in [3.05, 3.63) is 95.4 Å². The molecule has 0 atom stereocenters. The molecule has 0 unspecified atom stereocenters. The van der Waals surface area contributed by atoms with Crippen LogP contribution in [0.5, 0.6) is 0 Å². The van der Waals surface area contributed by atoms with Gasteiger partial charge in [-0.15, -0.1) is 0 Å². The quantitative estimate of drug-likeness (QED) is 0.441. The Balaban J connectivity index is 1.50. The van der Waals surface area contributed by atoms with Crippen molar-refractivity contribution in [3.8, 4) is 16.9 Å². The predicted molar refractivity (Wildman–Crippen MR) is 109 cm³/mol. The fraction of sp³-hybridized carbons (Fsp3) is 0.0870. The number of fused-ring (bicyclic) bond motifs is 3. The zero-order valence-corrected chi connectivity index (χ0v) is 16.0. The molecule has 0 radical (unpaired) electrons. The molecule has 5 nitrogen and oxygen atoms in total. The molecule has 154 valence electrons. The van der Waals surface area contributed by atoms with Crippen LogP contribution in [0.25, 0.3) is 16.9 Å². The van der Waals surface area contributed by atoms with Gasteiger partial charge in [0.25, 0.3) is 5.91 Å². The highest BCUT2D eigenvalue weighted by atomic mass is 19.4. The van der Waals surface area contributed by atoms with Crippen LogP contribution in [-0.2, 0) is 12.6 Å². The first-order valence-electron chi connectivity index (χ1n) is 9.51. The summed E-state index contributed by atoms with van der Waals surface area (Å²) in [5.41, 5.74) is 2.99. The van der Waals surface area contributed by atoms with Crippen LogP contribution in [0.3, 0.4) is 0 Å². The second kappa shape index (κ2) is 7.09. The van der Waals surface area contributed by atoms with Crippen LogP contribution < -0.4 is 5.32 Å². The molecule has 0 spiro atoms. The van der Waals surface area contributed by atoms with Gasteiger partial charge >= 0.3 is 6.18 Å². The Morgan fingerprint density at radius 3 is 2.52 bits per heavy atom. The minimum Gasteiger partial charge on any atom is -0.322 e. The van der Waals surface area contributed by atoms with E-state index in [1.54, 1.807) is 24.3 Å². The van der Waals surface area contributed by atoms with Gasteiger partial charge in [0.05, 0.1) is 11.8 Å². The van der Waals surface area contributed by atoms with Gasteiger partial charge in [-0.25, -0.2) is 9.67 Å². The maximum atomic E-state index is 13.8. The second-order valence-electron chi connectivity index (χ2n) is 7.16. The van der Waals surface area contributed by atoms with Gasteiger partial charge in [0.15, 0.2) is 11.5 Å². The second-order valence-corrected chi connectivity index (χ2v) is 7.16. The molecule has 5 rings (SSSR count). The number of benzene rings is 2. The standard InChI is InChI=1S/C23H15F3N4O/c24-23(25,26)21-19(13-28-30(21)20-7-3-4-10-27-20)22(31)29-16-9-8-15-11-14-5-1-2-6-17(14)18(15)12-16/h1-10,12-13H,11H2,(H,29,31). The van der Waals surface area contributed by atoms with Crippen molar-refractivity contribution in [1.82, 2.24) is 14.8 Å². The summed E-state index contributed by atoms with van der Waals surface area (Å²) in [5, 5.41) is 6.36. The van der Waals surface area contributed by atoms with Crippen LogP contribution in [0.4, 0.5) is 18.9 Å². The summed E-state index contributed by atoms with van der Waals surface area (Å²) in [4.78, 5) is 16.7. The van der Waals surface area contributed by atoms with Gasteiger partial charge in [-0.05, 0) is 52.9 Å². The molecular weight excluding hydrogens is 405 g/mol. The lowest BCUT2D eigenvalue weighted by molar-refractivity contribution is -0.143. The maximum absolute atomic E-state index is 13.8. The van der Waals surface area contributed by atoms with Gasteiger partial charge in [0.2, 0.25) is 0 Å². The van der Waals surface area contributed by atoms with Gasteiger partial charge in [-0.1, -0.05) is 36.4 Å². The van der Waals surface area contributed by atoms with E-state index in [2.05, 4.69) is 15.4 Å². The molecule has 1 amide bonds. The highest BCUT2D eigenvalue weighted by Gasteiger charge is 2.41. The summed E-state index contributed by atoms with van der Waals surface area (Å²) < 4.78 is 42.0. The van der Waals surface area contributed by atoms with Crippen LogP contribution in [0.15, 0.2) is 73.1 Å². The Morgan fingerprint density at radius 1 is 0.968 bits per heavy atom. The summed E-state index contributed by atoms with van der Waals surface area (Å²) in [5.74, 6) is -0.913. The largest absolute Gasteiger partial charge is 0.434 e. The summed E-state index contributed by atoms with van der Waals surface area (Å²) >= 11 is 0. The average molecular weight is 420 g/mol. The van der Waals surface area contributed by atoms with E-state index in [4.69, 9.17) is 0 Å². The highest BCUT2D eigenvalue weighted by Crippen LogP contribution is 2.38. The monoisotopic (exact) mass is 420 g/mol. The van der Waals surface area contributed by atoms with Crippen molar-refractivity contribution < 1.29 is 18.0 Å². The van der Waals surface area contributed by atoms with Gasteiger partial charge in [-0.3, -0.25) is 4.79 Å². The number of nitrogens with zero attached hydrogens (tertiary/aromatic N) is 3. The van der Waals surface area contributed by atoms with Gasteiger partial charge in [0.1, 0.15) is 0 Å². The van der Waals surface area contributed by atoms with Crippen LogP contribution >= 0.6 is 0 Å². The van der Waals surface area contributed by atoms with E-state index >= 15 is 0 Å². The molecule has 31 heavy (non-hydrogen) atoms. The number of halogens is 3. The number of pyridine rings is 1. The Morgan fingerprint density at radius 2 is 1.74 bits per heavy atom. The molecular formula is C23H15F3N4O. The number of hydrogen-bond donors (Lipinski definition) is 1. The normalized spacial score (nSPS) is 12.4. The third kappa shape index (κ3) is 3.35. The van der Waals surface area contributed by atoms with Gasteiger partial charge in [0, 0.05) is 11.9 Å². The predicted octanol–water partition coefficient (Wildman–Crippen LogP) is 5.11. The van der Waals surface area contributed by atoms with E-state index in [9.17, 15) is 18.0 Å². The third-order valence-electron chi connectivity index (χ3n) is 5.20. The minimum absolute atomic E-state index is 0.0250. The van der Waals surface area contributed by atoms with E-state index in [1.807, 2.05) is 30.3 Å². The first-order valence-corrected chi connectivity index (χ1v) is 9.51. The number of aromatic nitrogens is 3. The van der Waals surface area contributed by atoms with E-state index in [0.29, 0.717) is 10.4 Å². The van der Waals surface area contributed by atoms with Crippen LogP contribution in [0, 0.1) is 0 Å². The lowest BCUT2D eigenvalue weighted by Crippen LogP contribution is -2.21. The smallest absolute Gasteiger partial charge is 0.322 e. The summed E-state index contributed by atoms with van der Waals surface area (Å²) in [7, 11) is 0. The molecule has 0 saturated heterocycles. The molecule has 0 saturated carbocycles. The van der Waals surface area contributed by atoms with E-state index in [1.165, 1.54) is 17.8 Å². The van der Waals surface area contributed by atoms with E-state index in [-0.39, 0.29) is 5.82 Å². The number of rotatable bonds is 3. The topological polar surface area (TPSA) is 59.8 Å². The van der Waals surface area contributed by atoms with Crippen molar-refractivity contribution in [2.45, 2.75) is 12.6 Å². The fourth-order valence-electron chi connectivity index (χ4n) is 3.84. The molecule has 2 aromatic carbocycles. The van der Waals surface area contributed by atoms with Crippen molar-refractivity contribution in [1.29, 1.82) is 0 Å². The molecule has 4 aromatic rings. The Bertz CT molecular complexity index is 1300. The molecule has 1 aliphatic rings. The molecule has 2 aromatic heterocycles. The third-order valence-corrected chi connectivity index (χ3v) is 5.20. The number of amides is 1. The maximum Gasteiger partial charge on any atom is 0.434 e. The summed E-state index contributed by atoms with van der Waals surface area (Å²) in [6, 6.07) is 17.8. The highest BCUT2D eigenvalue weighted by molar-refractivity contribution is 6.05. The lowest BCUT2D eigenvalue weighted by Gasteiger charge is -2.12. The Hall–Kier alpha value is -3.94. The van der Waals surface area contributed by atoms with Crippen molar-refractivity contribution in [2.75, 3.05) is 5.32 Å². The lowest BCUT2D eigenvalue weighted by atomic mass is 10.1. The SMILES string of the molecule is O=C(Nc1ccc2c(c1)-c1ccccc1C2)c1cnn(-c2ccccn2)c1C(F)(F)F. The number of alkyl halides is 3. The van der Waals surface area contributed by atoms with E-state index in [0.717, 1.165) is 29.3 Å². The average Bonchev–Trinajstić information content (AvgIpc) is 3.36. The molecule has 0 aliphatic heterocycles. The number of anilines is 1. The van der Waals surface area contributed by atoms with Crippen LogP contribution in [0.1, 0.15) is 27.2 Å². The summed E-state index contributed by atoms with van der Waals surface area (Å²) in [6.45, 7) is 0. The Kier molecular flexibility index (Phi) is 4.35. The van der Waals surface area contributed by atoms with E-state index < -0.39 is 23.3 Å². The molecule has 0 fully saturated rings. The van der Waals surface area contributed by atoms with Crippen LogP contribution in [-0.4, -0.2) is 20.7 Å². The molecule has 1 N–H and O–H groups in total. The minimum atomic E-state index is -4.79. The first kappa shape index (κ1) is 19.0. The zero-order valence-electron chi connectivity index (χ0n) is 16.0. The number of carbonyl (C=O) groups is 1. The molecule has 8 heteroatoms.